The van der Waals surface area contributed by atoms with E-state index in [1.54, 1.807) is 0 Å². The molecule has 130 valence electrons. The number of rotatable bonds is 3. The van der Waals surface area contributed by atoms with Gasteiger partial charge in [-0.15, -0.1) is 0 Å². The van der Waals surface area contributed by atoms with Gasteiger partial charge in [0.25, 0.3) is 5.91 Å². The Labute approximate surface area is 127 Å². The average molecular weight is 343 g/mol. The Morgan fingerprint density at radius 3 is 2.48 bits per heavy atom. The smallest absolute Gasteiger partial charge is 0.348 e. The number of aromatic nitrogens is 1. The van der Waals surface area contributed by atoms with Crippen LogP contribution >= 0.6 is 0 Å². The lowest BCUT2D eigenvalue weighted by atomic mass is 10.1. The van der Waals surface area contributed by atoms with E-state index in [-0.39, 0.29) is 5.82 Å². The molecule has 0 spiro atoms. The van der Waals surface area contributed by atoms with Gasteiger partial charge in [0.1, 0.15) is 11.9 Å². The summed E-state index contributed by atoms with van der Waals surface area (Å²) in [7, 11) is 0. The first-order valence-corrected chi connectivity index (χ1v) is 6.46. The van der Waals surface area contributed by atoms with Gasteiger partial charge in [-0.3, -0.25) is 5.32 Å². The second kappa shape index (κ2) is 5.82. The number of morpholine rings is 1. The van der Waals surface area contributed by atoms with Crippen molar-refractivity contribution in [3.8, 4) is 0 Å². The number of aliphatic hydroxyl groups is 2. The number of pyridine rings is 1. The zero-order chi connectivity index (χ0) is 17.5. The number of nitrogens with one attached hydrogen (secondary N) is 2. The van der Waals surface area contributed by atoms with Crippen molar-refractivity contribution in [2.75, 3.05) is 11.9 Å². The molecule has 1 saturated heterocycles. The van der Waals surface area contributed by atoms with Crippen molar-refractivity contribution >= 4 is 5.82 Å². The third-order valence-electron chi connectivity index (χ3n) is 3.19. The Kier molecular flexibility index (Phi) is 4.50. The van der Waals surface area contributed by atoms with Gasteiger partial charge in [0.05, 0.1) is 18.2 Å². The Morgan fingerprint density at radius 1 is 1.35 bits per heavy atom. The summed E-state index contributed by atoms with van der Waals surface area (Å²) in [6.45, 7) is 0.237. The van der Waals surface area contributed by atoms with Crippen LogP contribution in [0.25, 0.3) is 0 Å². The minimum atomic E-state index is -4.58. The quantitative estimate of drug-likeness (QED) is 0.486. The van der Waals surface area contributed by atoms with Crippen LogP contribution in [0.3, 0.4) is 0 Å². The van der Waals surface area contributed by atoms with Crippen LogP contribution in [-0.4, -0.2) is 45.9 Å². The van der Waals surface area contributed by atoms with Gasteiger partial charge in [-0.25, -0.2) is 4.98 Å². The van der Waals surface area contributed by atoms with E-state index < -0.39 is 42.4 Å². The minimum absolute atomic E-state index is 0.283. The van der Waals surface area contributed by atoms with Crippen molar-refractivity contribution in [1.29, 1.82) is 0 Å². The van der Waals surface area contributed by atoms with Crippen LogP contribution in [0.1, 0.15) is 12.5 Å². The molecule has 11 heteroatoms. The number of hydrogen-bond donors (Lipinski definition) is 4. The lowest BCUT2D eigenvalue weighted by molar-refractivity contribution is -0.305. The second-order valence-electron chi connectivity index (χ2n) is 5.10. The number of nitrogens with zero attached hydrogens (tertiary/aromatic N) is 1. The van der Waals surface area contributed by atoms with Gasteiger partial charge in [-0.2, -0.15) is 22.0 Å². The topological polar surface area (TPSA) is 86.6 Å². The van der Waals surface area contributed by atoms with Crippen molar-refractivity contribution < 1.29 is 36.9 Å². The maximum atomic E-state index is 13.0. The summed E-state index contributed by atoms with van der Waals surface area (Å²) in [6, 6.07) is 0.201. The highest BCUT2D eigenvalue weighted by Gasteiger charge is 2.48. The average Bonchev–Trinajstić information content (AvgIpc) is 2.35. The molecule has 2 unspecified atom stereocenters. The predicted molar refractivity (Wildman–Crippen MR) is 67.3 cm³/mol. The molecular weight excluding hydrogens is 329 g/mol. The van der Waals surface area contributed by atoms with Gasteiger partial charge in [-0.1, -0.05) is 0 Å². The summed E-state index contributed by atoms with van der Waals surface area (Å²) < 4.78 is 67.6. The molecule has 2 heterocycles. The van der Waals surface area contributed by atoms with Gasteiger partial charge in [-0.05, 0) is 19.1 Å². The lowest BCUT2D eigenvalue weighted by Gasteiger charge is -2.41. The van der Waals surface area contributed by atoms with Gasteiger partial charge in [0.15, 0.2) is 0 Å². The monoisotopic (exact) mass is 343 g/mol. The number of alkyl halides is 5. The summed E-state index contributed by atoms with van der Waals surface area (Å²) in [5.41, 5.74) is -1.02. The standard InChI is InChI=1S/C12H14F5N3O3/c1-6-9(19-5-10(13,14)23-6)12(21,22)20-8-3-2-7(4-18-8)11(15,16)17/h2-4,6,9,19,21-22H,5H2,1H3,(H,18,20). The molecule has 6 nitrogen and oxygen atoms in total. The molecule has 0 aromatic carbocycles. The van der Waals surface area contributed by atoms with Crippen LogP contribution in [0.2, 0.25) is 0 Å². The third kappa shape index (κ3) is 4.25. The number of anilines is 1. The van der Waals surface area contributed by atoms with E-state index in [2.05, 4.69) is 20.4 Å². The summed E-state index contributed by atoms with van der Waals surface area (Å²) in [5, 5.41) is 24.2. The highest BCUT2D eigenvalue weighted by molar-refractivity contribution is 5.38. The Bertz CT molecular complexity index is 550. The van der Waals surface area contributed by atoms with Crippen LogP contribution in [0.5, 0.6) is 0 Å². The van der Waals surface area contributed by atoms with Gasteiger partial charge in [0, 0.05) is 6.20 Å². The van der Waals surface area contributed by atoms with Gasteiger partial charge >= 0.3 is 12.3 Å². The fourth-order valence-corrected chi connectivity index (χ4v) is 2.15. The maximum Gasteiger partial charge on any atom is 0.417 e. The first kappa shape index (κ1) is 17.8. The first-order valence-electron chi connectivity index (χ1n) is 6.46. The highest BCUT2D eigenvalue weighted by Crippen LogP contribution is 2.30. The van der Waals surface area contributed by atoms with Crippen LogP contribution in [0.4, 0.5) is 27.8 Å². The normalized spacial score (nSPS) is 25.2. The summed E-state index contributed by atoms with van der Waals surface area (Å²) in [6.07, 6.45) is -8.84. The Hall–Kier alpha value is -1.56. The van der Waals surface area contributed by atoms with Gasteiger partial charge in [0.2, 0.25) is 0 Å². The van der Waals surface area contributed by atoms with E-state index in [9.17, 15) is 32.2 Å². The molecule has 1 aromatic heterocycles. The molecule has 0 saturated carbocycles. The van der Waals surface area contributed by atoms with Crippen LogP contribution in [0.15, 0.2) is 18.3 Å². The largest absolute Gasteiger partial charge is 0.417 e. The van der Waals surface area contributed by atoms with E-state index in [0.717, 1.165) is 6.07 Å². The molecule has 0 amide bonds. The van der Waals surface area contributed by atoms with E-state index >= 15 is 0 Å². The van der Waals surface area contributed by atoms with Crippen molar-refractivity contribution in [2.45, 2.75) is 37.3 Å². The van der Waals surface area contributed by atoms with E-state index in [4.69, 9.17) is 0 Å². The van der Waals surface area contributed by atoms with E-state index in [1.165, 1.54) is 6.92 Å². The molecular formula is C12H14F5N3O3. The summed E-state index contributed by atoms with van der Waals surface area (Å²) in [4.78, 5) is 3.41. The molecule has 23 heavy (non-hydrogen) atoms. The third-order valence-corrected chi connectivity index (χ3v) is 3.19. The van der Waals surface area contributed by atoms with Gasteiger partial charge < -0.3 is 20.3 Å². The Balaban J connectivity index is 2.09. The number of hydrogen-bond acceptors (Lipinski definition) is 6. The first-order chi connectivity index (χ1) is 10.4. The fourth-order valence-electron chi connectivity index (χ4n) is 2.15. The molecule has 1 aromatic rings. The fraction of sp³-hybridized carbons (Fsp3) is 0.583. The molecule has 2 atom stereocenters. The second-order valence-corrected chi connectivity index (χ2v) is 5.10. The molecule has 0 bridgehead atoms. The van der Waals surface area contributed by atoms with Crippen LogP contribution in [0, 0.1) is 0 Å². The molecule has 0 radical (unpaired) electrons. The maximum absolute atomic E-state index is 13.0. The molecule has 1 fully saturated rings. The molecule has 0 aliphatic carbocycles. The number of halogens is 5. The minimum Gasteiger partial charge on any atom is -0.348 e. The molecule has 2 rings (SSSR count). The molecule has 1 aliphatic rings. The van der Waals surface area contributed by atoms with Crippen molar-refractivity contribution in [3.63, 3.8) is 0 Å². The SMILES string of the molecule is CC1OC(F)(F)CNC1C(O)(O)Nc1ccc(C(F)(F)F)cn1. The zero-order valence-electron chi connectivity index (χ0n) is 11.7. The highest BCUT2D eigenvalue weighted by atomic mass is 19.4. The predicted octanol–water partition coefficient (Wildman–Crippen LogP) is 1.12. The van der Waals surface area contributed by atoms with Crippen LogP contribution in [-0.2, 0) is 10.9 Å². The molecule has 1 aliphatic heterocycles. The summed E-state index contributed by atoms with van der Waals surface area (Å²) >= 11 is 0. The van der Waals surface area contributed by atoms with E-state index in [0.29, 0.717) is 12.3 Å². The molecule has 4 N–H and O–H groups in total. The van der Waals surface area contributed by atoms with Crippen molar-refractivity contribution in [2.24, 2.45) is 0 Å². The lowest BCUT2D eigenvalue weighted by Crippen LogP contribution is -2.67. The Morgan fingerprint density at radius 2 is 2.00 bits per heavy atom. The number of ether oxygens (including phenoxy) is 1. The van der Waals surface area contributed by atoms with Crippen LogP contribution < -0.4 is 10.6 Å². The van der Waals surface area contributed by atoms with Crippen molar-refractivity contribution in [3.05, 3.63) is 23.9 Å². The summed E-state index contributed by atoms with van der Waals surface area (Å²) in [5.74, 6) is -3.06. The van der Waals surface area contributed by atoms with Crippen molar-refractivity contribution in [1.82, 2.24) is 10.3 Å². The van der Waals surface area contributed by atoms with E-state index in [1.807, 2.05) is 0 Å². The zero-order valence-corrected chi connectivity index (χ0v) is 11.7.